The Morgan fingerprint density at radius 2 is 2.08 bits per heavy atom. The molecule has 0 aromatic heterocycles. The first kappa shape index (κ1) is 12.4. The molecule has 0 aliphatic carbocycles. The van der Waals surface area contributed by atoms with Gasteiger partial charge < -0.3 is 4.74 Å². The third-order valence-corrected chi connectivity index (χ3v) is 1.99. The summed E-state index contributed by atoms with van der Waals surface area (Å²) in [5.74, 6) is -0.456. The van der Waals surface area contributed by atoms with Crippen LogP contribution in [0.3, 0.4) is 0 Å². The van der Waals surface area contributed by atoms with Crippen LogP contribution in [0.5, 0.6) is 0 Å². The van der Waals surface area contributed by atoms with E-state index in [1.165, 1.54) is 7.11 Å². The van der Waals surface area contributed by atoms with Crippen molar-refractivity contribution in [3.05, 3.63) is 0 Å². The molecule has 1 atom stereocenters. The minimum absolute atomic E-state index is 0.0946. The van der Waals surface area contributed by atoms with Gasteiger partial charge in [0.1, 0.15) is 6.17 Å². The topological polar surface area (TPSA) is 26.3 Å². The molecule has 0 aromatic carbocycles. The number of ether oxygens (including phenoxy) is 1. The van der Waals surface area contributed by atoms with Gasteiger partial charge in [0.05, 0.1) is 13.5 Å². The summed E-state index contributed by atoms with van der Waals surface area (Å²) in [7, 11) is 1.28. The maximum atomic E-state index is 13.0. The number of hydrogen-bond acceptors (Lipinski definition) is 2. The van der Waals surface area contributed by atoms with Gasteiger partial charge in [0.25, 0.3) is 0 Å². The molecule has 0 heterocycles. The zero-order chi connectivity index (χ0) is 10.1. The predicted molar refractivity (Wildman–Crippen MR) is 50.3 cm³/mol. The van der Waals surface area contributed by atoms with E-state index in [9.17, 15) is 9.18 Å². The Hall–Kier alpha value is -0.600. The van der Waals surface area contributed by atoms with E-state index >= 15 is 0 Å². The fourth-order valence-corrected chi connectivity index (χ4v) is 1.16. The maximum absolute atomic E-state index is 13.0. The number of esters is 1. The highest BCUT2D eigenvalue weighted by atomic mass is 19.1. The first-order chi connectivity index (χ1) is 6.20. The van der Waals surface area contributed by atoms with Crippen molar-refractivity contribution in [3.8, 4) is 0 Å². The van der Waals surface area contributed by atoms with Crippen molar-refractivity contribution in [3.63, 3.8) is 0 Å². The van der Waals surface area contributed by atoms with Crippen molar-refractivity contribution < 1.29 is 13.9 Å². The molecule has 13 heavy (non-hydrogen) atoms. The smallest absolute Gasteiger partial charge is 0.308 e. The van der Waals surface area contributed by atoms with Crippen molar-refractivity contribution in [2.24, 2.45) is 0 Å². The summed E-state index contributed by atoms with van der Waals surface area (Å²) >= 11 is 0. The van der Waals surface area contributed by atoms with E-state index in [0.717, 1.165) is 25.7 Å². The molecule has 3 heteroatoms. The highest BCUT2D eigenvalue weighted by molar-refractivity contribution is 5.69. The number of hydrogen-bond donors (Lipinski definition) is 0. The van der Waals surface area contributed by atoms with Gasteiger partial charge in [-0.3, -0.25) is 4.79 Å². The monoisotopic (exact) mass is 190 g/mol. The summed E-state index contributed by atoms with van der Waals surface area (Å²) in [6, 6.07) is 0. The van der Waals surface area contributed by atoms with E-state index in [0.29, 0.717) is 6.42 Å². The second-order valence-electron chi connectivity index (χ2n) is 3.23. The number of rotatable bonds is 7. The lowest BCUT2D eigenvalue weighted by Gasteiger charge is -2.05. The summed E-state index contributed by atoms with van der Waals surface area (Å²) in [5.41, 5.74) is 0. The number of unbranched alkanes of at least 4 members (excludes halogenated alkanes) is 3. The fourth-order valence-electron chi connectivity index (χ4n) is 1.16. The Morgan fingerprint density at radius 1 is 1.38 bits per heavy atom. The second-order valence-corrected chi connectivity index (χ2v) is 3.23. The molecule has 0 unspecified atom stereocenters. The largest absolute Gasteiger partial charge is 0.469 e. The molecule has 0 aliphatic rings. The summed E-state index contributed by atoms with van der Waals surface area (Å²) in [5, 5.41) is 0. The average molecular weight is 190 g/mol. The molecular formula is C10H19FO2. The molecule has 78 valence electrons. The molecule has 0 rings (SSSR count). The van der Waals surface area contributed by atoms with Crippen LogP contribution in [0.1, 0.15) is 45.4 Å². The van der Waals surface area contributed by atoms with Crippen LogP contribution in [-0.2, 0) is 9.53 Å². The molecule has 0 aromatic rings. The fraction of sp³-hybridized carbons (Fsp3) is 0.900. The van der Waals surface area contributed by atoms with Gasteiger partial charge in [-0.15, -0.1) is 0 Å². The zero-order valence-electron chi connectivity index (χ0n) is 8.51. The van der Waals surface area contributed by atoms with Gasteiger partial charge in [-0.1, -0.05) is 32.6 Å². The lowest BCUT2D eigenvalue weighted by atomic mass is 10.1. The van der Waals surface area contributed by atoms with Crippen molar-refractivity contribution in [2.45, 2.75) is 51.6 Å². The van der Waals surface area contributed by atoms with E-state index in [4.69, 9.17) is 0 Å². The van der Waals surface area contributed by atoms with E-state index in [2.05, 4.69) is 11.7 Å². The van der Waals surface area contributed by atoms with Gasteiger partial charge in [0.15, 0.2) is 0 Å². The molecule has 0 saturated heterocycles. The first-order valence-corrected chi connectivity index (χ1v) is 4.91. The Balaban J connectivity index is 3.29. The summed E-state index contributed by atoms with van der Waals surface area (Å²) in [6.45, 7) is 2.11. The highest BCUT2D eigenvalue weighted by Crippen LogP contribution is 2.11. The molecule has 0 spiro atoms. The zero-order valence-corrected chi connectivity index (χ0v) is 8.51. The molecule has 2 nitrogen and oxygen atoms in total. The molecule has 0 fully saturated rings. The van der Waals surface area contributed by atoms with Crippen LogP contribution >= 0.6 is 0 Å². The van der Waals surface area contributed by atoms with Crippen LogP contribution in [0.15, 0.2) is 0 Å². The number of carbonyl (C=O) groups is 1. The molecular weight excluding hydrogens is 171 g/mol. The number of halogens is 1. The number of carbonyl (C=O) groups excluding carboxylic acids is 1. The highest BCUT2D eigenvalue weighted by Gasteiger charge is 2.11. The third-order valence-electron chi connectivity index (χ3n) is 1.99. The van der Waals surface area contributed by atoms with Crippen molar-refractivity contribution >= 4 is 5.97 Å². The lowest BCUT2D eigenvalue weighted by Crippen LogP contribution is -2.10. The van der Waals surface area contributed by atoms with Crippen LogP contribution < -0.4 is 0 Å². The van der Waals surface area contributed by atoms with Gasteiger partial charge in [0, 0.05) is 0 Å². The maximum Gasteiger partial charge on any atom is 0.308 e. The average Bonchev–Trinajstić information content (AvgIpc) is 2.12. The van der Waals surface area contributed by atoms with Crippen LogP contribution in [0.4, 0.5) is 4.39 Å². The molecule has 0 aliphatic heterocycles. The Labute approximate surface area is 79.5 Å². The second kappa shape index (κ2) is 8.02. The molecule has 0 bridgehead atoms. The minimum atomic E-state index is -1.02. The summed E-state index contributed by atoms with van der Waals surface area (Å²) in [4.78, 5) is 10.6. The van der Waals surface area contributed by atoms with E-state index in [-0.39, 0.29) is 6.42 Å². The normalized spacial score (nSPS) is 12.5. The molecule has 0 radical (unpaired) electrons. The van der Waals surface area contributed by atoms with Gasteiger partial charge in [-0.05, 0) is 6.42 Å². The number of alkyl halides is 1. The Bertz CT molecular complexity index is 137. The van der Waals surface area contributed by atoms with Crippen molar-refractivity contribution in [2.75, 3.05) is 7.11 Å². The van der Waals surface area contributed by atoms with Crippen LogP contribution in [-0.4, -0.2) is 19.3 Å². The van der Waals surface area contributed by atoms with E-state index in [1.807, 2.05) is 0 Å². The number of methoxy groups -OCH3 is 1. The van der Waals surface area contributed by atoms with Gasteiger partial charge in [0.2, 0.25) is 0 Å². The van der Waals surface area contributed by atoms with Gasteiger partial charge in [-0.2, -0.15) is 0 Å². The van der Waals surface area contributed by atoms with Crippen LogP contribution in [0.2, 0.25) is 0 Å². The Morgan fingerprint density at radius 3 is 2.62 bits per heavy atom. The van der Waals surface area contributed by atoms with Crippen LogP contribution in [0.25, 0.3) is 0 Å². The predicted octanol–water partition coefficient (Wildman–Crippen LogP) is 2.86. The van der Waals surface area contributed by atoms with Crippen LogP contribution in [0, 0.1) is 0 Å². The molecule has 0 amide bonds. The lowest BCUT2D eigenvalue weighted by molar-refractivity contribution is -0.141. The Kier molecular flexibility index (Phi) is 7.65. The van der Waals surface area contributed by atoms with Crippen molar-refractivity contribution in [1.82, 2.24) is 0 Å². The summed E-state index contributed by atoms with van der Waals surface area (Å²) in [6.07, 6.45) is 3.57. The molecule has 0 saturated carbocycles. The standard InChI is InChI=1S/C10H19FO2/c1-3-4-5-6-7-9(11)8-10(12)13-2/h9H,3-8H2,1-2H3/t9-/m0/s1. The van der Waals surface area contributed by atoms with E-state index in [1.54, 1.807) is 0 Å². The minimum Gasteiger partial charge on any atom is -0.469 e. The third kappa shape index (κ3) is 7.75. The molecule has 0 N–H and O–H groups in total. The van der Waals surface area contributed by atoms with Crippen molar-refractivity contribution in [1.29, 1.82) is 0 Å². The van der Waals surface area contributed by atoms with Gasteiger partial charge in [-0.25, -0.2) is 4.39 Å². The van der Waals surface area contributed by atoms with E-state index < -0.39 is 12.1 Å². The van der Waals surface area contributed by atoms with Gasteiger partial charge >= 0.3 is 5.97 Å². The summed E-state index contributed by atoms with van der Waals surface area (Å²) < 4.78 is 17.3. The quantitative estimate of drug-likeness (QED) is 0.456. The first-order valence-electron chi connectivity index (χ1n) is 4.91. The SMILES string of the molecule is CCCCCC[C@H](F)CC(=O)OC.